The quantitative estimate of drug-likeness (QED) is 0.774. The van der Waals surface area contributed by atoms with E-state index in [1.807, 2.05) is 0 Å². The monoisotopic (exact) mass is 263 g/mol. The van der Waals surface area contributed by atoms with Gasteiger partial charge in [-0.3, -0.25) is 0 Å². The number of fused-ring (bicyclic) bond motifs is 2. The van der Waals surface area contributed by atoms with Crippen LogP contribution >= 0.6 is 0 Å². The fourth-order valence-corrected chi connectivity index (χ4v) is 5.75. The summed E-state index contributed by atoms with van der Waals surface area (Å²) in [5.74, 6) is 1.90. The molecule has 1 nitrogen and oxygen atoms in total. The number of nitrogens with one attached hydrogen (secondary N) is 1. The molecule has 0 aromatic heterocycles. The van der Waals surface area contributed by atoms with Gasteiger partial charge in [-0.15, -0.1) is 0 Å². The summed E-state index contributed by atoms with van der Waals surface area (Å²) in [4.78, 5) is 0. The lowest BCUT2D eigenvalue weighted by atomic mass is 9.68. The summed E-state index contributed by atoms with van der Waals surface area (Å²) in [6.45, 7) is 10.1. The minimum atomic E-state index is 0.510. The van der Waals surface area contributed by atoms with Crippen molar-refractivity contribution in [3.05, 3.63) is 0 Å². The molecule has 3 aliphatic rings. The van der Waals surface area contributed by atoms with Crippen LogP contribution in [0.15, 0.2) is 0 Å². The highest BCUT2D eigenvalue weighted by Crippen LogP contribution is 2.62. The standard InChI is InChI=1S/C18H33N/c1-13(14-8-6-5-7-9-14)19-16-17(2,3)15-10-11-18(16,4)12-15/h13-16,19H,5-12H2,1-4H3/t13-,15?,16?,18?/m0/s1. The van der Waals surface area contributed by atoms with Crippen LogP contribution in [0.25, 0.3) is 0 Å². The lowest BCUT2D eigenvalue weighted by Gasteiger charge is -2.46. The van der Waals surface area contributed by atoms with Crippen LogP contribution in [0.2, 0.25) is 0 Å². The van der Waals surface area contributed by atoms with E-state index in [0.29, 0.717) is 10.8 Å². The zero-order valence-electron chi connectivity index (χ0n) is 13.5. The Labute approximate surface area is 119 Å². The molecule has 4 atom stereocenters. The predicted octanol–water partition coefficient (Wildman–Crippen LogP) is 4.76. The molecule has 3 rings (SSSR count). The third-order valence-electron chi connectivity index (χ3n) is 7.06. The molecule has 0 heterocycles. The maximum Gasteiger partial charge on any atom is 0.0177 e. The zero-order chi connectivity index (χ0) is 13.7. The van der Waals surface area contributed by atoms with Crippen molar-refractivity contribution in [2.24, 2.45) is 22.7 Å². The second-order valence-electron chi connectivity index (χ2n) is 8.70. The van der Waals surface area contributed by atoms with Crippen molar-refractivity contribution in [1.82, 2.24) is 5.32 Å². The van der Waals surface area contributed by atoms with Crippen LogP contribution < -0.4 is 5.32 Å². The Kier molecular flexibility index (Phi) is 3.48. The van der Waals surface area contributed by atoms with Gasteiger partial charge in [-0.2, -0.15) is 0 Å². The highest BCUT2D eigenvalue weighted by Gasteiger charge is 2.59. The van der Waals surface area contributed by atoms with Gasteiger partial charge >= 0.3 is 0 Å². The Hall–Kier alpha value is -0.0400. The SMILES string of the molecule is C[C@H](NC1C2(C)CCC(C2)C1(C)C)C1CCCCC1. The topological polar surface area (TPSA) is 12.0 Å². The lowest BCUT2D eigenvalue weighted by molar-refractivity contribution is 0.0876. The molecule has 1 heteroatoms. The van der Waals surface area contributed by atoms with Gasteiger partial charge in [0, 0.05) is 12.1 Å². The second kappa shape index (κ2) is 4.76. The summed E-state index contributed by atoms with van der Waals surface area (Å²) in [5.41, 5.74) is 1.09. The van der Waals surface area contributed by atoms with Crippen molar-refractivity contribution in [3.8, 4) is 0 Å². The molecule has 2 bridgehead atoms. The molecule has 0 aromatic rings. The van der Waals surface area contributed by atoms with Crippen LogP contribution in [0.3, 0.4) is 0 Å². The van der Waals surface area contributed by atoms with Gasteiger partial charge in [0.1, 0.15) is 0 Å². The summed E-state index contributed by atoms with van der Waals surface area (Å²) >= 11 is 0. The summed E-state index contributed by atoms with van der Waals surface area (Å²) in [6.07, 6.45) is 11.7. The van der Waals surface area contributed by atoms with Gasteiger partial charge < -0.3 is 5.32 Å². The van der Waals surface area contributed by atoms with Gasteiger partial charge in [0.15, 0.2) is 0 Å². The van der Waals surface area contributed by atoms with Gasteiger partial charge in [-0.1, -0.05) is 40.0 Å². The van der Waals surface area contributed by atoms with E-state index in [-0.39, 0.29) is 0 Å². The Morgan fingerprint density at radius 1 is 1.00 bits per heavy atom. The third-order valence-corrected chi connectivity index (χ3v) is 7.06. The van der Waals surface area contributed by atoms with E-state index in [0.717, 1.165) is 23.9 Å². The smallest absolute Gasteiger partial charge is 0.0177 e. The molecular weight excluding hydrogens is 230 g/mol. The molecule has 19 heavy (non-hydrogen) atoms. The van der Waals surface area contributed by atoms with Gasteiger partial charge in [0.05, 0.1) is 0 Å². The van der Waals surface area contributed by atoms with Crippen molar-refractivity contribution < 1.29 is 0 Å². The van der Waals surface area contributed by atoms with Crippen LogP contribution in [-0.2, 0) is 0 Å². The molecule has 1 N–H and O–H groups in total. The Morgan fingerprint density at radius 2 is 1.68 bits per heavy atom. The van der Waals surface area contributed by atoms with E-state index >= 15 is 0 Å². The normalized spacial score (nSPS) is 43.6. The Morgan fingerprint density at radius 3 is 2.26 bits per heavy atom. The maximum absolute atomic E-state index is 4.11. The van der Waals surface area contributed by atoms with Crippen LogP contribution in [0, 0.1) is 22.7 Å². The lowest BCUT2D eigenvalue weighted by Crippen LogP contribution is -2.54. The van der Waals surface area contributed by atoms with Crippen molar-refractivity contribution >= 4 is 0 Å². The van der Waals surface area contributed by atoms with Crippen molar-refractivity contribution in [1.29, 1.82) is 0 Å². The molecule has 0 radical (unpaired) electrons. The minimum absolute atomic E-state index is 0.510. The number of rotatable bonds is 3. The first-order valence-electron chi connectivity index (χ1n) is 8.69. The largest absolute Gasteiger partial charge is 0.310 e. The fourth-order valence-electron chi connectivity index (χ4n) is 5.75. The molecule has 0 amide bonds. The van der Waals surface area contributed by atoms with Crippen LogP contribution in [0.4, 0.5) is 0 Å². The van der Waals surface area contributed by atoms with E-state index < -0.39 is 0 Å². The number of hydrogen-bond acceptors (Lipinski definition) is 1. The molecular formula is C18H33N. The van der Waals surface area contributed by atoms with Crippen molar-refractivity contribution in [3.63, 3.8) is 0 Å². The third kappa shape index (κ3) is 2.26. The molecule has 3 fully saturated rings. The average molecular weight is 263 g/mol. The Bertz CT molecular complexity index is 324. The zero-order valence-corrected chi connectivity index (χ0v) is 13.5. The molecule has 0 aromatic carbocycles. The first kappa shape index (κ1) is 13.9. The molecule has 0 aliphatic heterocycles. The minimum Gasteiger partial charge on any atom is -0.310 e. The summed E-state index contributed by atoms with van der Waals surface area (Å²) in [5, 5.41) is 4.11. The van der Waals surface area contributed by atoms with E-state index in [2.05, 4.69) is 33.0 Å². The second-order valence-corrected chi connectivity index (χ2v) is 8.70. The highest BCUT2D eigenvalue weighted by molar-refractivity contribution is 5.12. The Balaban J connectivity index is 1.68. The summed E-state index contributed by atoms with van der Waals surface area (Å²) in [7, 11) is 0. The van der Waals surface area contributed by atoms with Crippen LogP contribution in [0.5, 0.6) is 0 Å². The molecule has 3 aliphatic carbocycles. The van der Waals surface area contributed by atoms with Gasteiger partial charge in [-0.05, 0) is 61.7 Å². The molecule has 3 saturated carbocycles. The van der Waals surface area contributed by atoms with Crippen molar-refractivity contribution in [2.45, 2.75) is 91.1 Å². The van der Waals surface area contributed by atoms with Crippen molar-refractivity contribution in [2.75, 3.05) is 0 Å². The van der Waals surface area contributed by atoms with Crippen LogP contribution in [0.1, 0.15) is 79.1 Å². The molecule has 0 spiro atoms. The van der Waals surface area contributed by atoms with E-state index in [1.54, 1.807) is 0 Å². The van der Waals surface area contributed by atoms with Gasteiger partial charge in [0.25, 0.3) is 0 Å². The predicted molar refractivity (Wildman–Crippen MR) is 82.2 cm³/mol. The van der Waals surface area contributed by atoms with E-state index in [1.165, 1.54) is 51.4 Å². The van der Waals surface area contributed by atoms with E-state index in [9.17, 15) is 0 Å². The van der Waals surface area contributed by atoms with E-state index in [4.69, 9.17) is 0 Å². The summed E-state index contributed by atoms with van der Waals surface area (Å²) in [6, 6.07) is 1.47. The fraction of sp³-hybridized carbons (Fsp3) is 1.00. The molecule has 0 saturated heterocycles. The van der Waals surface area contributed by atoms with Crippen LogP contribution in [-0.4, -0.2) is 12.1 Å². The maximum atomic E-state index is 4.11. The molecule has 110 valence electrons. The van der Waals surface area contributed by atoms with Gasteiger partial charge in [-0.25, -0.2) is 0 Å². The first-order valence-corrected chi connectivity index (χ1v) is 8.69. The van der Waals surface area contributed by atoms with Gasteiger partial charge in [0.2, 0.25) is 0 Å². The molecule has 3 unspecified atom stereocenters. The number of hydrogen-bond donors (Lipinski definition) is 1. The first-order chi connectivity index (χ1) is 8.93. The highest BCUT2D eigenvalue weighted by atomic mass is 15.0. The average Bonchev–Trinajstić information content (AvgIpc) is 2.87. The summed E-state index contributed by atoms with van der Waals surface area (Å²) < 4.78 is 0.